The normalized spacial score (nSPS) is 21.7. The third-order valence-corrected chi connectivity index (χ3v) is 6.39. The van der Waals surface area contributed by atoms with Gasteiger partial charge in [0.25, 0.3) is 0 Å². The minimum absolute atomic E-state index is 0.356. The molecule has 5 rings (SSSR count). The average Bonchev–Trinajstić information content (AvgIpc) is 3.44. The molecule has 11 heteroatoms. The quantitative estimate of drug-likeness (QED) is 0.268. The van der Waals surface area contributed by atoms with Crippen LogP contribution < -0.4 is 15.4 Å². The smallest absolute Gasteiger partial charge is 0.167 e. The summed E-state index contributed by atoms with van der Waals surface area (Å²) in [5.41, 5.74) is 3.08. The monoisotopic (exact) mass is 510 g/mol. The Morgan fingerprint density at radius 3 is 2.64 bits per heavy atom. The standard InChI is InChI=1S/C25H27ClN6O4/c1-35-18-7-5-15(6-8-18)10-27-12-19-21(33)22(34)25(36-19)32-14-31-20-23(29-13-30-24(20)32)28-11-16-3-2-4-17(26)9-16/h2-9,13-14,19,21-22,25,27,33-34H,10-12H2,1H3,(H,28,29,30)/t19-,21-,22-,25-/m1/s1. The molecule has 10 nitrogen and oxygen atoms in total. The minimum Gasteiger partial charge on any atom is -0.497 e. The van der Waals surface area contributed by atoms with Crippen molar-refractivity contribution in [2.24, 2.45) is 0 Å². The average molecular weight is 511 g/mol. The number of aliphatic hydroxyl groups excluding tert-OH is 2. The number of methoxy groups -OCH3 is 1. The number of hydrogen-bond acceptors (Lipinski definition) is 9. The lowest BCUT2D eigenvalue weighted by Crippen LogP contribution is -2.37. The van der Waals surface area contributed by atoms with E-state index in [0.717, 1.165) is 16.9 Å². The molecule has 0 radical (unpaired) electrons. The molecule has 4 atom stereocenters. The van der Waals surface area contributed by atoms with E-state index in [-0.39, 0.29) is 0 Å². The molecule has 0 unspecified atom stereocenters. The summed E-state index contributed by atoms with van der Waals surface area (Å²) in [6, 6.07) is 15.2. The van der Waals surface area contributed by atoms with Gasteiger partial charge in [-0.05, 0) is 35.4 Å². The van der Waals surface area contributed by atoms with Crippen LogP contribution >= 0.6 is 11.6 Å². The Kier molecular flexibility index (Phi) is 7.30. The van der Waals surface area contributed by atoms with Gasteiger partial charge in [-0.25, -0.2) is 15.0 Å². The molecule has 0 amide bonds. The predicted octanol–water partition coefficient (Wildman–Crippen LogP) is 2.51. The molecule has 4 N–H and O–H groups in total. The number of imidazole rings is 1. The fraction of sp³-hybridized carbons (Fsp3) is 0.320. The van der Waals surface area contributed by atoms with Gasteiger partial charge in [-0.3, -0.25) is 4.57 Å². The van der Waals surface area contributed by atoms with Crippen LogP contribution in [-0.4, -0.2) is 61.7 Å². The first-order valence-electron chi connectivity index (χ1n) is 11.5. The van der Waals surface area contributed by atoms with E-state index >= 15 is 0 Å². The summed E-state index contributed by atoms with van der Waals surface area (Å²) in [6.45, 7) is 1.44. The van der Waals surface area contributed by atoms with Gasteiger partial charge in [0.2, 0.25) is 0 Å². The van der Waals surface area contributed by atoms with Gasteiger partial charge in [0.15, 0.2) is 23.2 Å². The zero-order chi connectivity index (χ0) is 25.1. The summed E-state index contributed by atoms with van der Waals surface area (Å²) < 4.78 is 12.8. The van der Waals surface area contributed by atoms with Crippen molar-refractivity contribution in [1.29, 1.82) is 0 Å². The highest BCUT2D eigenvalue weighted by atomic mass is 35.5. The van der Waals surface area contributed by atoms with Crippen LogP contribution in [0.25, 0.3) is 11.2 Å². The molecule has 0 spiro atoms. The molecular weight excluding hydrogens is 484 g/mol. The largest absolute Gasteiger partial charge is 0.497 e. The first kappa shape index (κ1) is 24.4. The van der Waals surface area contributed by atoms with E-state index in [4.69, 9.17) is 21.1 Å². The Morgan fingerprint density at radius 2 is 1.86 bits per heavy atom. The highest BCUT2D eigenvalue weighted by molar-refractivity contribution is 6.30. The fourth-order valence-electron chi connectivity index (χ4n) is 4.23. The summed E-state index contributed by atoms with van der Waals surface area (Å²) in [4.78, 5) is 13.1. The van der Waals surface area contributed by atoms with Crippen LogP contribution in [0, 0.1) is 0 Å². The number of halogens is 1. The van der Waals surface area contributed by atoms with Gasteiger partial charge in [0, 0.05) is 24.7 Å². The van der Waals surface area contributed by atoms with E-state index in [1.165, 1.54) is 12.7 Å². The molecule has 0 saturated carbocycles. The molecule has 1 fully saturated rings. The van der Waals surface area contributed by atoms with E-state index in [2.05, 4.69) is 25.6 Å². The molecule has 1 saturated heterocycles. The summed E-state index contributed by atoms with van der Waals surface area (Å²) >= 11 is 6.07. The minimum atomic E-state index is -1.15. The van der Waals surface area contributed by atoms with Gasteiger partial charge >= 0.3 is 0 Å². The van der Waals surface area contributed by atoms with Crippen LogP contribution in [0.5, 0.6) is 5.75 Å². The summed E-state index contributed by atoms with van der Waals surface area (Å²) in [6.07, 6.45) is -0.702. The third-order valence-electron chi connectivity index (χ3n) is 6.15. The second kappa shape index (κ2) is 10.8. The molecule has 3 heterocycles. The van der Waals surface area contributed by atoms with Crippen molar-refractivity contribution in [3.63, 3.8) is 0 Å². The van der Waals surface area contributed by atoms with Gasteiger partial charge in [-0.15, -0.1) is 0 Å². The highest BCUT2D eigenvalue weighted by Gasteiger charge is 2.44. The van der Waals surface area contributed by atoms with Crippen molar-refractivity contribution in [2.45, 2.75) is 37.6 Å². The second-order valence-corrected chi connectivity index (χ2v) is 8.99. The predicted molar refractivity (Wildman–Crippen MR) is 135 cm³/mol. The summed E-state index contributed by atoms with van der Waals surface area (Å²) in [5.74, 6) is 1.34. The number of ether oxygens (including phenoxy) is 2. The topological polar surface area (TPSA) is 127 Å². The number of fused-ring (bicyclic) bond motifs is 1. The van der Waals surface area contributed by atoms with Gasteiger partial charge in [0.05, 0.1) is 13.4 Å². The van der Waals surface area contributed by atoms with Gasteiger partial charge < -0.3 is 30.3 Å². The number of nitrogens with zero attached hydrogens (tertiary/aromatic N) is 4. The van der Waals surface area contributed by atoms with Crippen molar-refractivity contribution in [2.75, 3.05) is 19.0 Å². The zero-order valence-corrected chi connectivity index (χ0v) is 20.3. The van der Waals surface area contributed by atoms with E-state index in [1.54, 1.807) is 11.7 Å². The Labute approximate surface area is 212 Å². The Bertz CT molecular complexity index is 1320. The number of nitrogens with one attached hydrogen (secondary N) is 2. The maximum Gasteiger partial charge on any atom is 0.167 e. The van der Waals surface area contributed by atoms with E-state index < -0.39 is 24.5 Å². The lowest BCUT2D eigenvalue weighted by Gasteiger charge is -2.17. The second-order valence-electron chi connectivity index (χ2n) is 8.56. The number of anilines is 1. The zero-order valence-electron chi connectivity index (χ0n) is 19.6. The lowest BCUT2D eigenvalue weighted by molar-refractivity contribution is -0.0342. The van der Waals surface area contributed by atoms with Gasteiger partial charge in [-0.1, -0.05) is 35.9 Å². The molecule has 2 aromatic carbocycles. The Hall–Kier alpha value is -3.28. The van der Waals surface area contributed by atoms with E-state index in [0.29, 0.717) is 41.6 Å². The Balaban J connectivity index is 1.25. The molecule has 0 bridgehead atoms. The van der Waals surface area contributed by atoms with Crippen molar-refractivity contribution >= 4 is 28.6 Å². The van der Waals surface area contributed by atoms with Crippen molar-refractivity contribution < 1.29 is 19.7 Å². The van der Waals surface area contributed by atoms with Crippen molar-refractivity contribution in [3.05, 3.63) is 77.3 Å². The van der Waals surface area contributed by atoms with Gasteiger partial charge in [-0.2, -0.15) is 0 Å². The molecule has 2 aromatic heterocycles. The van der Waals surface area contributed by atoms with E-state index in [1.807, 2.05) is 48.5 Å². The molecule has 1 aliphatic rings. The van der Waals surface area contributed by atoms with Crippen LogP contribution in [0.3, 0.4) is 0 Å². The van der Waals surface area contributed by atoms with Crippen LogP contribution in [0.1, 0.15) is 17.4 Å². The number of aromatic nitrogens is 4. The number of benzene rings is 2. The summed E-state index contributed by atoms with van der Waals surface area (Å²) in [5, 5.41) is 28.6. The lowest BCUT2D eigenvalue weighted by atomic mass is 10.1. The number of aliphatic hydroxyl groups is 2. The molecular formula is C25H27ClN6O4. The first-order valence-corrected chi connectivity index (χ1v) is 11.9. The van der Waals surface area contributed by atoms with Crippen LogP contribution in [0.4, 0.5) is 5.82 Å². The SMILES string of the molecule is COc1ccc(CNC[C@H]2O[C@@H](n3cnc4c(NCc5cccc(Cl)c5)ncnc43)[C@H](O)[C@@H]2O)cc1. The molecule has 1 aliphatic heterocycles. The summed E-state index contributed by atoms with van der Waals surface area (Å²) in [7, 11) is 1.63. The maximum absolute atomic E-state index is 10.7. The number of rotatable bonds is 9. The van der Waals surface area contributed by atoms with Crippen LogP contribution in [0.15, 0.2) is 61.2 Å². The van der Waals surface area contributed by atoms with Crippen LogP contribution in [-0.2, 0) is 17.8 Å². The maximum atomic E-state index is 10.7. The van der Waals surface area contributed by atoms with Crippen molar-refractivity contribution in [3.8, 4) is 5.75 Å². The Morgan fingerprint density at radius 1 is 1.03 bits per heavy atom. The first-order chi connectivity index (χ1) is 17.5. The fourth-order valence-corrected chi connectivity index (χ4v) is 4.44. The van der Waals surface area contributed by atoms with Crippen molar-refractivity contribution in [1.82, 2.24) is 24.8 Å². The number of hydrogen-bond donors (Lipinski definition) is 4. The highest BCUT2D eigenvalue weighted by Crippen LogP contribution is 2.32. The molecule has 188 valence electrons. The molecule has 4 aromatic rings. The van der Waals surface area contributed by atoms with Crippen LogP contribution in [0.2, 0.25) is 5.02 Å². The van der Waals surface area contributed by atoms with Gasteiger partial charge in [0.1, 0.15) is 30.4 Å². The van der Waals surface area contributed by atoms with E-state index in [9.17, 15) is 10.2 Å². The molecule has 0 aliphatic carbocycles. The third kappa shape index (κ3) is 5.13. The molecule has 36 heavy (non-hydrogen) atoms.